The molecule has 7 heteroatoms. The molecule has 0 aliphatic carbocycles. The van der Waals surface area contributed by atoms with Crippen LogP contribution in [-0.2, 0) is 6.54 Å². The van der Waals surface area contributed by atoms with Crippen molar-refractivity contribution < 1.29 is 9.90 Å². The third-order valence-corrected chi connectivity index (χ3v) is 4.55. The molecule has 1 aliphatic heterocycles. The van der Waals surface area contributed by atoms with Crippen LogP contribution in [0.5, 0.6) is 0 Å². The van der Waals surface area contributed by atoms with Crippen LogP contribution in [-0.4, -0.2) is 50.7 Å². The Morgan fingerprint density at radius 2 is 2.25 bits per heavy atom. The van der Waals surface area contributed by atoms with E-state index in [-0.39, 0.29) is 11.6 Å². The molecule has 2 heterocycles. The van der Waals surface area contributed by atoms with Crippen molar-refractivity contribution >= 4 is 17.7 Å². The van der Waals surface area contributed by atoms with Crippen molar-refractivity contribution in [3.05, 3.63) is 11.4 Å². The lowest BCUT2D eigenvalue weighted by atomic mass is 9.93. The van der Waals surface area contributed by atoms with Crippen molar-refractivity contribution in [1.82, 2.24) is 20.3 Å². The minimum absolute atomic E-state index is 0.139. The predicted molar refractivity (Wildman–Crippen MR) is 79.4 cm³/mol. The van der Waals surface area contributed by atoms with Gasteiger partial charge in [0.1, 0.15) is 0 Å². The second kappa shape index (κ2) is 7.64. The lowest BCUT2D eigenvalue weighted by Gasteiger charge is -2.23. The molecule has 20 heavy (non-hydrogen) atoms. The molecule has 0 saturated carbocycles. The van der Waals surface area contributed by atoms with E-state index in [9.17, 15) is 9.90 Å². The van der Waals surface area contributed by atoms with Crippen molar-refractivity contribution in [2.45, 2.75) is 38.6 Å². The van der Waals surface area contributed by atoms with Crippen LogP contribution in [0.25, 0.3) is 0 Å². The molecule has 0 aromatic carbocycles. The van der Waals surface area contributed by atoms with Crippen molar-refractivity contribution in [1.29, 1.82) is 0 Å². The number of aromatic nitrogens is 3. The number of nitrogens with one attached hydrogen (secondary N) is 1. The summed E-state index contributed by atoms with van der Waals surface area (Å²) in [7, 11) is 0. The monoisotopic (exact) mass is 298 g/mol. The average Bonchev–Trinajstić information content (AvgIpc) is 2.88. The van der Waals surface area contributed by atoms with E-state index >= 15 is 0 Å². The Labute approximate surface area is 123 Å². The number of hydrogen-bond donors (Lipinski definition) is 2. The standard InChI is InChI=1S/C13H22N4O2S/c1-2-20-9-3-8-17-12(10-4-6-14-7-5-10)11(13(18)19)15-16-17/h10,14H,2-9H2,1H3,(H,18,19). The van der Waals surface area contributed by atoms with Gasteiger partial charge in [-0.25, -0.2) is 9.48 Å². The fourth-order valence-electron chi connectivity index (χ4n) is 2.60. The maximum atomic E-state index is 11.3. The number of carbonyl (C=O) groups is 1. The second-order valence-corrected chi connectivity index (χ2v) is 6.32. The largest absolute Gasteiger partial charge is 0.476 e. The second-order valence-electron chi connectivity index (χ2n) is 4.93. The molecule has 0 bridgehead atoms. The summed E-state index contributed by atoms with van der Waals surface area (Å²) < 4.78 is 1.82. The molecular formula is C13H22N4O2S. The van der Waals surface area contributed by atoms with Gasteiger partial charge in [0.05, 0.1) is 5.69 Å². The smallest absolute Gasteiger partial charge is 0.358 e. The summed E-state index contributed by atoms with van der Waals surface area (Å²) in [5, 5.41) is 20.5. The van der Waals surface area contributed by atoms with Crippen LogP contribution in [0.2, 0.25) is 0 Å². The number of carboxylic acid groups (broad SMARTS) is 1. The Kier molecular flexibility index (Phi) is 5.85. The van der Waals surface area contributed by atoms with Crippen LogP contribution in [0.1, 0.15) is 48.3 Å². The molecule has 1 aliphatic rings. The number of aromatic carboxylic acids is 1. The summed E-state index contributed by atoms with van der Waals surface area (Å²) in [6.07, 6.45) is 2.91. The zero-order chi connectivity index (χ0) is 14.4. The van der Waals surface area contributed by atoms with Gasteiger partial charge in [0.15, 0.2) is 5.69 Å². The van der Waals surface area contributed by atoms with Crippen molar-refractivity contribution in [2.75, 3.05) is 24.6 Å². The summed E-state index contributed by atoms with van der Waals surface area (Å²) >= 11 is 1.89. The lowest BCUT2D eigenvalue weighted by molar-refractivity contribution is 0.0688. The number of nitrogens with zero attached hydrogens (tertiary/aromatic N) is 3. The van der Waals surface area contributed by atoms with Gasteiger partial charge in [0.2, 0.25) is 0 Å². The molecule has 1 aromatic heterocycles. The zero-order valence-electron chi connectivity index (χ0n) is 11.8. The molecule has 1 fully saturated rings. The topological polar surface area (TPSA) is 80.0 Å². The molecule has 0 radical (unpaired) electrons. The Morgan fingerprint density at radius 3 is 2.90 bits per heavy atom. The van der Waals surface area contributed by atoms with Crippen molar-refractivity contribution in [2.24, 2.45) is 0 Å². The van der Waals surface area contributed by atoms with Gasteiger partial charge in [-0.1, -0.05) is 12.1 Å². The third-order valence-electron chi connectivity index (χ3n) is 3.56. The molecule has 0 amide bonds. The number of hydrogen-bond acceptors (Lipinski definition) is 5. The third kappa shape index (κ3) is 3.73. The van der Waals surface area contributed by atoms with E-state index in [4.69, 9.17) is 0 Å². The Morgan fingerprint density at radius 1 is 1.50 bits per heavy atom. The fourth-order valence-corrected chi connectivity index (χ4v) is 3.22. The summed E-state index contributed by atoms with van der Waals surface area (Å²) in [6.45, 7) is 4.76. The number of piperidine rings is 1. The minimum atomic E-state index is -0.965. The van der Waals surface area contributed by atoms with E-state index in [1.807, 2.05) is 16.4 Å². The number of carboxylic acids is 1. The zero-order valence-corrected chi connectivity index (χ0v) is 12.7. The first kappa shape index (κ1) is 15.3. The Balaban J connectivity index is 2.11. The summed E-state index contributed by atoms with van der Waals surface area (Å²) in [5.74, 6) is 1.48. The van der Waals surface area contributed by atoms with Crippen molar-refractivity contribution in [3.8, 4) is 0 Å². The molecule has 0 atom stereocenters. The molecule has 2 N–H and O–H groups in total. The van der Waals surface area contributed by atoms with Crippen LogP contribution in [0.3, 0.4) is 0 Å². The summed E-state index contributed by atoms with van der Waals surface area (Å²) in [4.78, 5) is 11.3. The minimum Gasteiger partial charge on any atom is -0.476 e. The molecule has 112 valence electrons. The highest BCUT2D eigenvalue weighted by Gasteiger charge is 2.27. The van der Waals surface area contributed by atoms with Gasteiger partial charge in [-0.05, 0) is 43.9 Å². The number of aryl methyl sites for hydroxylation is 1. The summed E-state index contributed by atoms with van der Waals surface area (Å²) in [6, 6.07) is 0. The Bertz CT molecular complexity index is 444. The van der Waals surface area contributed by atoms with Gasteiger partial charge in [-0.3, -0.25) is 0 Å². The highest BCUT2D eigenvalue weighted by atomic mass is 32.2. The lowest BCUT2D eigenvalue weighted by Crippen LogP contribution is -2.28. The van der Waals surface area contributed by atoms with Crippen LogP contribution >= 0.6 is 11.8 Å². The van der Waals surface area contributed by atoms with Crippen molar-refractivity contribution in [3.63, 3.8) is 0 Å². The molecule has 0 unspecified atom stereocenters. The van der Waals surface area contributed by atoms with Gasteiger partial charge in [0.25, 0.3) is 0 Å². The van der Waals surface area contributed by atoms with E-state index in [1.165, 1.54) is 0 Å². The van der Waals surface area contributed by atoms with Crippen LogP contribution in [0.4, 0.5) is 0 Å². The normalized spacial score (nSPS) is 16.4. The van der Waals surface area contributed by atoms with E-state index in [1.54, 1.807) is 0 Å². The maximum Gasteiger partial charge on any atom is 0.358 e. The maximum absolute atomic E-state index is 11.3. The van der Waals surface area contributed by atoms with Gasteiger partial charge in [-0.2, -0.15) is 11.8 Å². The molecule has 1 saturated heterocycles. The number of thioether (sulfide) groups is 1. The van der Waals surface area contributed by atoms with Gasteiger partial charge in [0, 0.05) is 12.5 Å². The molecule has 6 nitrogen and oxygen atoms in total. The van der Waals surface area contributed by atoms with Gasteiger partial charge >= 0.3 is 5.97 Å². The van der Waals surface area contributed by atoms with Crippen LogP contribution in [0.15, 0.2) is 0 Å². The first-order valence-electron chi connectivity index (χ1n) is 7.19. The predicted octanol–water partition coefficient (Wildman–Crippen LogP) is 1.59. The van der Waals surface area contributed by atoms with Crippen LogP contribution in [0, 0.1) is 0 Å². The Hall–Kier alpha value is -1.08. The quantitative estimate of drug-likeness (QED) is 0.744. The fraction of sp³-hybridized carbons (Fsp3) is 0.769. The van der Waals surface area contributed by atoms with E-state index in [2.05, 4.69) is 22.6 Å². The van der Waals surface area contributed by atoms with Gasteiger partial charge in [-0.15, -0.1) is 5.10 Å². The molecule has 0 spiro atoms. The van der Waals surface area contributed by atoms with Crippen LogP contribution < -0.4 is 5.32 Å². The van der Waals surface area contributed by atoms with E-state index in [0.717, 1.165) is 56.1 Å². The van der Waals surface area contributed by atoms with Gasteiger partial charge < -0.3 is 10.4 Å². The molecular weight excluding hydrogens is 276 g/mol. The first-order chi connectivity index (χ1) is 9.74. The highest BCUT2D eigenvalue weighted by Crippen LogP contribution is 2.27. The SMILES string of the molecule is CCSCCCn1nnc(C(=O)O)c1C1CCNCC1. The van der Waals surface area contributed by atoms with E-state index < -0.39 is 5.97 Å². The molecule has 1 aromatic rings. The summed E-state index contributed by atoms with van der Waals surface area (Å²) in [5.41, 5.74) is 0.959. The average molecular weight is 298 g/mol. The number of rotatable bonds is 7. The first-order valence-corrected chi connectivity index (χ1v) is 8.34. The van der Waals surface area contributed by atoms with E-state index in [0.29, 0.717) is 0 Å². The molecule has 2 rings (SSSR count). The highest BCUT2D eigenvalue weighted by molar-refractivity contribution is 7.99.